The third-order valence-corrected chi connectivity index (χ3v) is 6.77. The lowest BCUT2D eigenvalue weighted by Crippen LogP contribution is -2.61. The van der Waals surface area contributed by atoms with E-state index in [-0.39, 0.29) is 36.1 Å². The number of hydrogen-bond donors (Lipinski definition) is 1. The standard InChI is InChI=1S/C14H20N4O4S2/c1-23-14-15-6-10(7-16-14)13(20)18-3-2-17(4-5-19)11-8-24(21,22)9-12(11)18/h6-7,11-12,19H,2-5,8-9H2,1H3/t11-,12+/m1/s1. The molecule has 0 spiro atoms. The van der Waals surface area contributed by atoms with Gasteiger partial charge in [-0.15, -0.1) is 0 Å². The second kappa shape index (κ2) is 6.95. The van der Waals surface area contributed by atoms with Gasteiger partial charge >= 0.3 is 0 Å². The third kappa shape index (κ3) is 3.41. The quantitative estimate of drug-likeness (QED) is 0.536. The van der Waals surface area contributed by atoms with Crippen LogP contribution in [0.2, 0.25) is 0 Å². The van der Waals surface area contributed by atoms with Crippen molar-refractivity contribution in [2.75, 3.05) is 44.0 Å². The minimum atomic E-state index is -3.19. The van der Waals surface area contributed by atoms with Crippen molar-refractivity contribution in [1.29, 1.82) is 0 Å². The van der Waals surface area contributed by atoms with Gasteiger partial charge in [0.15, 0.2) is 15.0 Å². The Kier molecular flexibility index (Phi) is 5.09. The Bertz CT molecular complexity index is 710. The van der Waals surface area contributed by atoms with Crippen LogP contribution >= 0.6 is 11.8 Å². The zero-order valence-corrected chi connectivity index (χ0v) is 15.0. The molecule has 132 valence electrons. The van der Waals surface area contributed by atoms with Crippen LogP contribution in [0.5, 0.6) is 0 Å². The van der Waals surface area contributed by atoms with Crippen LogP contribution in [0.4, 0.5) is 0 Å². The first-order chi connectivity index (χ1) is 11.4. The number of rotatable bonds is 4. The average molecular weight is 372 g/mol. The molecule has 0 saturated carbocycles. The van der Waals surface area contributed by atoms with Gasteiger partial charge in [0.25, 0.3) is 5.91 Å². The number of carbonyl (C=O) groups is 1. The zero-order chi connectivity index (χ0) is 17.3. The molecule has 2 aliphatic heterocycles. The predicted octanol–water partition coefficient (Wildman–Crippen LogP) is -0.886. The van der Waals surface area contributed by atoms with Crippen LogP contribution in [-0.2, 0) is 9.84 Å². The van der Waals surface area contributed by atoms with Crippen molar-refractivity contribution < 1.29 is 18.3 Å². The Morgan fingerprint density at radius 2 is 1.96 bits per heavy atom. The number of aromatic nitrogens is 2. The summed E-state index contributed by atoms with van der Waals surface area (Å²) in [6, 6.07) is -0.644. The number of β-amino-alcohol motifs (C(OH)–C–C–N with tert-alkyl or cyclic N) is 1. The molecule has 1 aromatic rings. The summed E-state index contributed by atoms with van der Waals surface area (Å²) in [5.41, 5.74) is 0.367. The lowest BCUT2D eigenvalue weighted by molar-refractivity contribution is 0.0280. The predicted molar refractivity (Wildman–Crippen MR) is 89.7 cm³/mol. The maximum atomic E-state index is 12.8. The summed E-state index contributed by atoms with van der Waals surface area (Å²) in [6.45, 7) is 1.37. The molecular formula is C14H20N4O4S2. The minimum Gasteiger partial charge on any atom is -0.395 e. The molecule has 2 aliphatic rings. The molecule has 2 saturated heterocycles. The molecule has 0 unspecified atom stereocenters. The molecule has 2 fully saturated rings. The summed E-state index contributed by atoms with van der Waals surface area (Å²) in [6.07, 6.45) is 4.82. The van der Waals surface area contributed by atoms with E-state index < -0.39 is 9.84 Å². The molecule has 1 aromatic heterocycles. The number of aliphatic hydroxyl groups excluding tert-OH is 1. The number of nitrogens with zero attached hydrogens (tertiary/aromatic N) is 4. The number of piperazine rings is 1. The largest absolute Gasteiger partial charge is 0.395 e. The molecule has 3 rings (SSSR count). The van der Waals surface area contributed by atoms with Gasteiger partial charge < -0.3 is 10.0 Å². The van der Waals surface area contributed by atoms with Crippen molar-refractivity contribution in [3.05, 3.63) is 18.0 Å². The molecular weight excluding hydrogens is 352 g/mol. The summed E-state index contributed by atoms with van der Waals surface area (Å²) < 4.78 is 24.2. The second-order valence-corrected chi connectivity index (χ2v) is 8.86. The molecule has 3 heterocycles. The summed E-state index contributed by atoms with van der Waals surface area (Å²) in [7, 11) is -3.19. The molecule has 0 bridgehead atoms. The highest BCUT2D eigenvalue weighted by molar-refractivity contribution is 7.98. The van der Waals surface area contributed by atoms with Crippen LogP contribution in [-0.4, -0.2) is 95.3 Å². The zero-order valence-electron chi connectivity index (χ0n) is 13.3. The summed E-state index contributed by atoms with van der Waals surface area (Å²) >= 11 is 1.39. The van der Waals surface area contributed by atoms with Crippen LogP contribution in [0.25, 0.3) is 0 Å². The van der Waals surface area contributed by atoms with E-state index in [1.807, 2.05) is 11.2 Å². The summed E-state index contributed by atoms with van der Waals surface area (Å²) in [4.78, 5) is 24.6. The van der Waals surface area contributed by atoms with E-state index in [1.165, 1.54) is 24.2 Å². The van der Waals surface area contributed by atoms with Crippen molar-refractivity contribution in [2.45, 2.75) is 17.2 Å². The van der Waals surface area contributed by atoms with E-state index in [1.54, 1.807) is 4.90 Å². The first kappa shape index (κ1) is 17.6. The van der Waals surface area contributed by atoms with Gasteiger partial charge in [0.2, 0.25) is 0 Å². The highest BCUT2D eigenvalue weighted by Crippen LogP contribution is 2.28. The van der Waals surface area contributed by atoms with Gasteiger partial charge in [-0.3, -0.25) is 9.69 Å². The lowest BCUT2D eigenvalue weighted by Gasteiger charge is -2.43. The Balaban J connectivity index is 1.83. The van der Waals surface area contributed by atoms with Crippen LogP contribution in [0.15, 0.2) is 17.6 Å². The number of amides is 1. The average Bonchev–Trinajstić information content (AvgIpc) is 2.90. The number of carbonyl (C=O) groups excluding carboxylic acids is 1. The Morgan fingerprint density at radius 1 is 1.29 bits per heavy atom. The van der Waals surface area contributed by atoms with Gasteiger partial charge in [-0.25, -0.2) is 18.4 Å². The van der Waals surface area contributed by atoms with Gasteiger partial charge in [0, 0.05) is 38.1 Å². The van der Waals surface area contributed by atoms with Crippen LogP contribution in [0.1, 0.15) is 10.4 Å². The van der Waals surface area contributed by atoms with Crippen LogP contribution < -0.4 is 0 Å². The summed E-state index contributed by atoms with van der Waals surface area (Å²) in [5, 5.41) is 9.76. The first-order valence-electron chi connectivity index (χ1n) is 7.67. The molecule has 8 nitrogen and oxygen atoms in total. The van der Waals surface area contributed by atoms with Gasteiger partial charge in [-0.05, 0) is 6.26 Å². The van der Waals surface area contributed by atoms with Crippen molar-refractivity contribution in [2.24, 2.45) is 0 Å². The van der Waals surface area contributed by atoms with Gasteiger partial charge in [0.05, 0.1) is 29.7 Å². The fourth-order valence-corrected chi connectivity index (χ4v) is 5.71. The smallest absolute Gasteiger partial charge is 0.257 e. The molecule has 0 radical (unpaired) electrons. The Morgan fingerprint density at radius 3 is 2.58 bits per heavy atom. The topological polar surface area (TPSA) is 104 Å². The first-order valence-corrected chi connectivity index (χ1v) is 10.7. The molecule has 0 aliphatic carbocycles. The summed E-state index contributed by atoms with van der Waals surface area (Å²) in [5.74, 6) is -0.239. The van der Waals surface area contributed by atoms with Crippen molar-refractivity contribution >= 4 is 27.5 Å². The van der Waals surface area contributed by atoms with E-state index in [0.717, 1.165) is 0 Å². The molecule has 2 atom stereocenters. The van der Waals surface area contributed by atoms with Gasteiger partial charge in [0.1, 0.15) is 0 Å². The van der Waals surface area contributed by atoms with Crippen LogP contribution in [0, 0.1) is 0 Å². The lowest BCUT2D eigenvalue weighted by atomic mass is 10.0. The number of fused-ring (bicyclic) bond motifs is 1. The maximum Gasteiger partial charge on any atom is 0.257 e. The fourth-order valence-electron chi connectivity index (χ4n) is 3.38. The molecule has 24 heavy (non-hydrogen) atoms. The SMILES string of the molecule is CSc1ncc(C(=O)N2CCN(CCO)[C@@H]3CS(=O)(=O)C[C@@H]32)cn1. The molecule has 10 heteroatoms. The molecule has 1 N–H and O–H groups in total. The highest BCUT2D eigenvalue weighted by atomic mass is 32.2. The van der Waals surface area contributed by atoms with E-state index in [4.69, 9.17) is 0 Å². The van der Waals surface area contributed by atoms with E-state index in [0.29, 0.717) is 30.4 Å². The molecule has 0 aromatic carbocycles. The Labute approximate surface area is 145 Å². The second-order valence-electron chi connectivity index (χ2n) is 5.93. The number of aliphatic hydroxyl groups is 1. The van der Waals surface area contributed by atoms with Crippen molar-refractivity contribution in [1.82, 2.24) is 19.8 Å². The van der Waals surface area contributed by atoms with E-state index in [2.05, 4.69) is 9.97 Å². The highest BCUT2D eigenvalue weighted by Gasteiger charge is 2.47. The minimum absolute atomic E-state index is 0.0266. The Hall–Kier alpha value is -1.23. The third-order valence-electron chi connectivity index (χ3n) is 4.50. The number of thioether (sulfide) groups is 1. The maximum absolute atomic E-state index is 12.8. The number of hydrogen-bond acceptors (Lipinski definition) is 8. The van der Waals surface area contributed by atoms with Gasteiger partial charge in [-0.2, -0.15) is 0 Å². The van der Waals surface area contributed by atoms with Crippen molar-refractivity contribution in [3.8, 4) is 0 Å². The number of sulfone groups is 1. The fraction of sp³-hybridized carbons (Fsp3) is 0.643. The van der Waals surface area contributed by atoms with Gasteiger partial charge in [-0.1, -0.05) is 11.8 Å². The van der Waals surface area contributed by atoms with E-state index in [9.17, 15) is 18.3 Å². The normalized spacial score (nSPS) is 26.3. The van der Waals surface area contributed by atoms with E-state index >= 15 is 0 Å². The monoisotopic (exact) mass is 372 g/mol. The van der Waals surface area contributed by atoms with Crippen LogP contribution in [0.3, 0.4) is 0 Å². The van der Waals surface area contributed by atoms with Crippen molar-refractivity contribution in [3.63, 3.8) is 0 Å². The molecule has 1 amide bonds.